The number of carbonyl (C=O) groups excluding carboxylic acids is 1. The molecule has 0 aliphatic heterocycles. The predicted molar refractivity (Wildman–Crippen MR) is 82.7 cm³/mol. The largest absolute Gasteiger partial charge is 1.00 e. The molecule has 0 aliphatic carbocycles. The topological polar surface area (TPSA) is 94.8 Å². The van der Waals surface area contributed by atoms with Crippen molar-refractivity contribution >= 4 is 12.4 Å². The Bertz CT molecular complexity index is 526. The third-order valence-electron chi connectivity index (χ3n) is 2.94. The SMILES string of the molecule is CC(C)(C)c1cc(C=O)c(O)c(C(C)(C)C)c1.O=C(O)O.[H-].[Na+]. The van der Waals surface area contributed by atoms with E-state index in [4.69, 9.17) is 15.0 Å². The number of carbonyl (C=O) groups is 2. The van der Waals surface area contributed by atoms with Gasteiger partial charge in [0.05, 0.1) is 5.56 Å². The molecule has 0 saturated carbocycles. The summed E-state index contributed by atoms with van der Waals surface area (Å²) in [7, 11) is 0. The summed E-state index contributed by atoms with van der Waals surface area (Å²) in [6, 6.07) is 3.78. The molecule has 5 nitrogen and oxygen atoms in total. The zero-order chi connectivity index (χ0) is 17.0. The average Bonchev–Trinajstić information content (AvgIpc) is 2.25. The molecular formula is C16H25NaO5. The molecule has 0 saturated heterocycles. The number of benzene rings is 1. The first kappa shape index (κ1) is 23.2. The molecule has 0 spiro atoms. The Labute approximate surface area is 155 Å². The molecule has 1 aromatic carbocycles. The molecule has 6 heteroatoms. The Morgan fingerprint density at radius 1 is 1.05 bits per heavy atom. The molecular weight excluding hydrogens is 295 g/mol. The summed E-state index contributed by atoms with van der Waals surface area (Å²) in [6.07, 6.45) is -1.11. The second-order valence-electron chi connectivity index (χ2n) is 6.86. The molecule has 0 aromatic heterocycles. The Morgan fingerprint density at radius 2 is 1.45 bits per heavy atom. The summed E-state index contributed by atoms with van der Waals surface area (Å²) in [5, 5.41) is 24.0. The van der Waals surface area contributed by atoms with E-state index >= 15 is 0 Å². The van der Waals surface area contributed by atoms with Gasteiger partial charge in [0, 0.05) is 5.56 Å². The van der Waals surface area contributed by atoms with Crippen LogP contribution >= 0.6 is 0 Å². The summed E-state index contributed by atoms with van der Waals surface area (Å²) >= 11 is 0. The van der Waals surface area contributed by atoms with Crippen LogP contribution in [0.5, 0.6) is 5.75 Å². The van der Waals surface area contributed by atoms with Gasteiger partial charge < -0.3 is 16.7 Å². The molecule has 1 rings (SSSR count). The van der Waals surface area contributed by atoms with Crippen molar-refractivity contribution in [1.29, 1.82) is 0 Å². The maximum Gasteiger partial charge on any atom is 1.00 e. The quantitative estimate of drug-likeness (QED) is 0.533. The number of hydrogen-bond donors (Lipinski definition) is 3. The van der Waals surface area contributed by atoms with E-state index < -0.39 is 6.16 Å². The standard InChI is InChI=1S/C15H22O2.CH2O3.Na.H/c1-14(2,3)11-7-10(9-16)13(17)12(8-11)15(4,5)6;2-1(3)4;;/h7-9,17H,1-6H3;(H2,2,3,4);;/q;;+1;-1. The van der Waals surface area contributed by atoms with Crippen molar-refractivity contribution in [2.24, 2.45) is 0 Å². The van der Waals surface area contributed by atoms with Crippen molar-refractivity contribution in [2.75, 3.05) is 0 Å². The fourth-order valence-electron chi connectivity index (χ4n) is 1.75. The first-order valence-corrected chi connectivity index (χ1v) is 6.55. The van der Waals surface area contributed by atoms with Gasteiger partial charge in [-0.15, -0.1) is 0 Å². The van der Waals surface area contributed by atoms with Crippen LogP contribution in [0.1, 0.15) is 64.5 Å². The van der Waals surface area contributed by atoms with Crippen molar-refractivity contribution in [1.82, 2.24) is 0 Å². The van der Waals surface area contributed by atoms with Crippen LogP contribution in [0.25, 0.3) is 0 Å². The normalized spacial score (nSPS) is 10.8. The van der Waals surface area contributed by atoms with E-state index in [-0.39, 0.29) is 47.6 Å². The van der Waals surface area contributed by atoms with Crippen molar-refractivity contribution in [3.8, 4) is 5.75 Å². The first-order valence-electron chi connectivity index (χ1n) is 6.55. The molecule has 120 valence electrons. The summed E-state index contributed by atoms with van der Waals surface area (Å²) in [5.41, 5.74) is 2.06. The van der Waals surface area contributed by atoms with E-state index in [1.165, 1.54) is 0 Å². The van der Waals surface area contributed by atoms with Gasteiger partial charge in [-0.25, -0.2) is 4.79 Å². The second kappa shape index (κ2) is 8.56. The first-order chi connectivity index (χ1) is 9.30. The molecule has 0 atom stereocenters. The Kier molecular flexibility index (Phi) is 9.03. The third-order valence-corrected chi connectivity index (χ3v) is 2.94. The van der Waals surface area contributed by atoms with E-state index in [0.717, 1.165) is 17.4 Å². The molecule has 0 radical (unpaired) electrons. The fourth-order valence-corrected chi connectivity index (χ4v) is 1.75. The van der Waals surface area contributed by atoms with Crippen LogP contribution in [0.2, 0.25) is 0 Å². The molecule has 0 bridgehead atoms. The van der Waals surface area contributed by atoms with Gasteiger partial charge in [0.1, 0.15) is 5.75 Å². The number of hydrogen-bond acceptors (Lipinski definition) is 3. The van der Waals surface area contributed by atoms with Gasteiger partial charge in [0.25, 0.3) is 0 Å². The van der Waals surface area contributed by atoms with Crippen LogP contribution < -0.4 is 29.6 Å². The minimum Gasteiger partial charge on any atom is -1.00 e. The third kappa shape index (κ3) is 7.29. The molecule has 0 fully saturated rings. The van der Waals surface area contributed by atoms with E-state index in [2.05, 4.69) is 20.8 Å². The van der Waals surface area contributed by atoms with Gasteiger partial charge >= 0.3 is 35.7 Å². The minimum atomic E-state index is -1.83. The van der Waals surface area contributed by atoms with Crippen LogP contribution in [-0.4, -0.2) is 27.8 Å². The van der Waals surface area contributed by atoms with E-state index in [9.17, 15) is 9.90 Å². The maximum absolute atomic E-state index is 11.0. The molecule has 0 unspecified atom stereocenters. The van der Waals surface area contributed by atoms with Gasteiger partial charge in [-0.05, 0) is 22.5 Å². The molecule has 0 heterocycles. The number of aldehydes is 1. The summed E-state index contributed by atoms with van der Waals surface area (Å²) in [4.78, 5) is 19.6. The van der Waals surface area contributed by atoms with Crippen LogP contribution in [0.15, 0.2) is 12.1 Å². The van der Waals surface area contributed by atoms with Gasteiger partial charge in [0.2, 0.25) is 0 Å². The number of aromatic hydroxyl groups is 1. The van der Waals surface area contributed by atoms with Crippen LogP contribution in [-0.2, 0) is 10.8 Å². The molecule has 3 N–H and O–H groups in total. The minimum absolute atomic E-state index is 0. The van der Waals surface area contributed by atoms with E-state index in [1.807, 2.05) is 26.8 Å². The summed E-state index contributed by atoms with van der Waals surface area (Å²) < 4.78 is 0. The smallest absolute Gasteiger partial charge is 1.00 e. The number of phenolic OH excluding ortho intramolecular Hbond substituents is 1. The van der Waals surface area contributed by atoms with Gasteiger partial charge in [-0.1, -0.05) is 47.6 Å². The van der Waals surface area contributed by atoms with Crippen molar-refractivity contribution in [3.05, 3.63) is 28.8 Å². The van der Waals surface area contributed by atoms with Crippen LogP contribution in [0, 0.1) is 0 Å². The maximum atomic E-state index is 11.0. The summed E-state index contributed by atoms with van der Waals surface area (Å²) in [6.45, 7) is 12.4. The van der Waals surface area contributed by atoms with Crippen LogP contribution in [0.4, 0.5) is 4.79 Å². The Hall–Kier alpha value is -1.04. The molecule has 0 amide bonds. The number of carboxylic acid groups (broad SMARTS) is 2. The van der Waals surface area contributed by atoms with E-state index in [1.54, 1.807) is 6.07 Å². The molecule has 22 heavy (non-hydrogen) atoms. The van der Waals surface area contributed by atoms with Crippen molar-refractivity contribution in [2.45, 2.75) is 52.4 Å². The van der Waals surface area contributed by atoms with Crippen molar-refractivity contribution in [3.63, 3.8) is 0 Å². The fraction of sp³-hybridized carbons (Fsp3) is 0.500. The van der Waals surface area contributed by atoms with Gasteiger partial charge in [-0.2, -0.15) is 0 Å². The average molecular weight is 320 g/mol. The summed E-state index contributed by atoms with van der Waals surface area (Å²) in [5.74, 6) is 0.112. The molecule has 1 aromatic rings. The van der Waals surface area contributed by atoms with Gasteiger partial charge in [0.15, 0.2) is 6.29 Å². The second-order valence-corrected chi connectivity index (χ2v) is 6.86. The predicted octanol–water partition coefficient (Wildman–Crippen LogP) is 1.14. The van der Waals surface area contributed by atoms with E-state index in [0.29, 0.717) is 5.56 Å². The zero-order valence-electron chi connectivity index (χ0n) is 15.4. The molecule has 0 aliphatic rings. The zero-order valence-corrected chi connectivity index (χ0v) is 16.4. The van der Waals surface area contributed by atoms with Crippen LogP contribution in [0.3, 0.4) is 0 Å². The number of rotatable bonds is 1. The number of phenols is 1. The monoisotopic (exact) mass is 320 g/mol. The van der Waals surface area contributed by atoms with Crippen molar-refractivity contribution < 1.29 is 55.9 Å². The van der Waals surface area contributed by atoms with Gasteiger partial charge in [-0.3, -0.25) is 4.79 Å². The Balaban J connectivity index is -0.000000598. The Morgan fingerprint density at radius 3 is 1.73 bits per heavy atom.